The number of carbonyl (C=O) groups is 1. The Kier molecular flexibility index (Phi) is 4.29. The summed E-state index contributed by atoms with van der Waals surface area (Å²) in [6, 6.07) is 21.2. The van der Waals surface area contributed by atoms with Crippen LogP contribution < -0.4 is 4.74 Å². The summed E-state index contributed by atoms with van der Waals surface area (Å²) in [5.74, 6) is -0.701. The van der Waals surface area contributed by atoms with Crippen molar-refractivity contribution in [1.29, 1.82) is 0 Å². The fourth-order valence-corrected chi connectivity index (χ4v) is 2.95. The van der Waals surface area contributed by atoms with Gasteiger partial charge in [0.15, 0.2) is 0 Å². The van der Waals surface area contributed by atoms with E-state index in [4.69, 9.17) is 4.74 Å². The van der Waals surface area contributed by atoms with Crippen molar-refractivity contribution in [2.45, 2.75) is 12.3 Å². The molecule has 1 N–H and O–H groups in total. The lowest BCUT2D eigenvalue weighted by Crippen LogP contribution is -2.15. The Balaban J connectivity index is 2.10. The van der Waals surface area contributed by atoms with Crippen LogP contribution in [0.5, 0.6) is 5.75 Å². The van der Waals surface area contributed by atoms with E-state index in [0.29, 0.717) is 6.42 Å². The Morgan fingerprint density at radius 2 is 1.70 bits per heavy atom. The maximum atomic E-state index is 11.8. The molecule has 0 aliphatic carbocycles. The highest BCUT2D eigenvalue weighted by molar-refractivity contribution is 5.89. The maximum absolute atomic E-state index is 11.8. The third-order valence-electron chi connectivity index (χ3n) is 4.13. The van der Waals surface area contributed by atoms with E-state index in [9.17, 15) is 9.90 Å². The molecule has 0 saturated heterocycles. The van der Waals surface area contributed by atoms with Crippen LogP contribution in [0, 0.1) is 0 Å². The Hall–Kier alpha value is -2.81. The zero-order valence-electron chi connectivity index (χ0n) is 12.9. The van der Waals surface area contributed by atoms with Crippen molar-refractivity contribution >= 4 is 16.7 Å². The number of ether oxygens (including phenoxy) is 1. The second-order valence-electron chi connectivity index (χ2n) is 5.47. The van der Waals surface area contributed by atoms with Gasteiger partial charge in [-0.25, -0.2) is 0 Å². The molecule has 116 valence electrons. The van der Waals surface area contributed by atoms with Gasteiger partial charge in [0.25, 0.3) is 0 Å². The van der Waals surface area contributed by atoms with Crippen LogP contribution in [0.3, 0.4) is 0 Å². The smallest absolute Gasteiger partial charge is 0.311 e. The number of carboxylic acid groups (broad SMARTS) is 1. The van der Waals surface area contributed by atoms with Crippen molar-refractivity contribution < 1.29 is 14.6 Å². The van der Waals surface area contributed by atoms with Crippen molar-refractivity contribution in [3.05, 3.63) is 77.9 Å². The van der Waals surface area contributed by atoms with E-state index in [1.807, 2.05) is 66.7 Å². The van der Waals surface area contributed by atoms with Crippen molar-refractivity contribution in [3.8, 4) is 5.75 Å². The quantitative estimate of drug-likeness (QED) is 0.766. The SMILES string of the molecule is COc1ccc2ccccc2c1CC(C(=O)O)c1ccccc1. The van der Waals surface area contributed by atoms with E-state index in [0.717, 1.165) is 27.6 Å². The van der Waals surface area contributed by atoms with Crippen LogP contribution in [-0.2, 0) is 11.2 Å². The topological polar surface area (TPSA) is 46.5 Å². The molecule has 3 heteroatoms. The van der Waals surface area contributed by atoms with E-state index in [1.165, 1.54) is 0 Å². The van der Waals surface area contributed by atoms with E-state index >= 15 is 0 Å². The summed E-state index contributed by atoms with van der Waals surface area (Å²) < 4.78 is 5.48. The molecule has 0 bridgehead atoms. The minimum atomic E-state index is -0.828. The highest BCUT2D eigenvalue weighted by Crippen LogP contribution is 2.33. The zero-order valence-corrected chi connectivity index (χ0v) is 12.9. The Morgan fingerprint density at radius 3 is 2.39 bits per heavy atom. The number of fused-ring (bicyclic) bond motifs is 1. The van der Waals surface area contributed by atoms with Crippen LogP contribution in [0.1, 0.15) is 17.0 Å². The first-order chi connectivity index (χ1) is 11.2. The van der Waals surface area contributed by atoms with Gasteiger partial charge in [-0.3, -0.25) is 4.79 Å². The van der Waals surface area contributed by atoms with Gasteiger partial charge < -0.3 is 9.84 Å². The molecular weight excluding hydrogens is 288 g/mol. The van der Waals surface area contributed by atoms with Crippen LogP contribution in [0.2, 0.25) is 0 Å². The second kappa shape index (κ2) is 6.53. The number of hydrogen-bond donors (Lipinski definition) is 1. The summed E-state index contributed by atoms with van der Waals surface area (Å²) in [7, 11) is 1.62. The molecule has 0 amide bonds. The van der Waals surface area contributed by atoms with Gasteiger partial charge in [0.05, 0.1) is 13.0 Å². The van der Waals surface area contributed by atoms with Crippen LogP contribution in [0.15, 0.2) is 66.7 Å². The summed E-state index contributed by atoms with van der Waals surface area (Å²) in [6.45, 7) is 0. The van der Waals surface area contributed by atoms with Gasteiger partial charge in [-0.15, -0.1) is 0 Å². The molecular formula is C20H18O3. The zero-order chi connectivity index (χ0) is 16.2. The molecule has 3 nitrogen and oxygen atoms in total. The number of aliphatic carboxylic acids is 1. The number of rotatable bonds is 5. The summed E-state index contributed by atoms with van der Waals surface area (Å²) in [5.41, 5.74) is 1.73. The Labute approximate surface area is 135 Å². The maximum Gasteiger partial charge on any atom is 0.311 e. The lowest BCUT2D eigenvalue weighted by molar-refractivity contribution is -0.138. The minimum absolute atomic E-state index is 0.393. The van der Waals surface area contributed by atoms with Crippen molar-refractivity contribution in [2.24, 2.45) is 0 Å². The average molecular weight is 306 g/mol. The molecule has 0 aliphatic rings. The monoisotopic (exact) mass is 306 g/mol. The molecule has 23 heavy (non-hydrogen) atoms. The molecule has 0 aromatic heterocycles. The molecule has 0 heterocycles. The third kappa shape index (κ3) is 3.04. The van der Waals surface area contributed by atoms with E-state index in [1.54, 1.807) is 7.11 Å². The van der Waals surface area contributed by atoms with Gasteiger partial charge in [0, 0.05) is 5.56 Å². The molecule has 0 spiro atoms. The number of carboxylic acids is 1. The molecule has 1 unspecified atom stereocenters. The van der Waals surface area contributed by atoms with Gasteiger partial charge >= 0.3 is 5.97 Å². The van der Waals surface area contributed by atoms with Crippen molar-refractivity contribution in [2.75, 3.05) is 7.11 Å². The molecule has 3 aromatic rings. The lowest BCUT2D eigenvalue weighted by Gasteiger charge is -2.17. The molecule has 0 aliphatic heterocycles. The summed E-state index contributed by atoms with van der Waals surface area (Å²) >= 11 is 0. The Bertz CT molecular complexity index is 825. The average Bonchev–Trinajstić information content (AvgIpc) is 2.59. The number of hydrogen-bond acceptors (Lipinski definition) is 2. The van der Waals surface area contributed by atoms with Crippen molar-refractivity contribution in [1.82, 2.24) is 0 Å². The standard InChI is InChI=1S/C20H18O3/c1-23-19-12-11-15-9-5-6-10-16(15)18(19)13-17(20(21)22)14-7-3-2-4-8-14/h2-12,17H,13H2,1H3,(H,21,22). The first kappa shape index (κ1) is 15.1. The van der Waals surface area contributed by atoms with Crippen molar-refractivity contribution in [3.63, 3.8) is 0 Å². The van der Waals surface area contributed by atoms with Crippen LogP contribution in [0.25, 0.3) is 10.8 Å². The number of benzene rings is 3. The van der Waals surface area contributed by atoms with E-state index < -0.39 is 11.9 Å². The first-order valence-corrected chi connectivity index (χ1v) is 7.53. The Morgan fingerprint density at radius 1 is 1.00 bits per heavy atom. The van der Waals surface area contributed by atoms with E-state index in [2.05, 4.69) is 0 Å². The minimum Gasteiger partial charge on any atom is -0.496 e. The molecule has 0 fully saturated rings. The molecule has 0 saturated carbocycles. The van der Waals surface area contributed by atoms with Gasteiger partial charge in [0.2, 0.25) is 0 Å². The van der Waals surface area contributed by atoms with Gasteiger partial charge in [-0.05, 0) is 28.8 Å². The first-order valence-electron chi connectivity index (χ1n) is 7.53. The molecule has 1 atom stereocenters. The van der Waals surface area contributed by atoms with Gasteiger partial charge in [0.1, 0.15) is 5.75 Å². The molecule has 3 rings (SSSR count). The predicted molar refractivity (Wildman–Crippen MR) is 91.0 cm³/mol. The van der Waals surface area contributed by atoms with Crippen LogP contribution in [0.4, 0.5) is 0 Å². The van der Waals surface area contributed by atoms with Gasteiger partial charge in [-0.1, -0.05) is 60.7 Å². The normalized spacial score (nSPS) is 12.0. The fraction of sp³-hybridized carbons (Fsp3) is 0.150. The van der Waals surface area contributed by atoms with Crippen LogP contribution in [-0.4, -0.2) is 18.2 Å². The lowest BCUT2D eigenvalue weighted by atomic mass is 9.89. The highest BCUT2D eigenvalue weighted by Gasteiger charge is 2.23. The largest absolute Gasteiger partial charge is 0.496 e. The summed E-state index contributed by atoms with van der Waals surface area (Å²) in [6.07, 6.45) is 0.393. The fourth-order valence-electron chi connectivity index (χ4n) is 2.95. The summed E-state index contributed by atoms with van der Waals surface area (Å²) in [4.78, 5) is 11.8. The van der Waals surface area contributed by atoms with Crippen LogP contribution >= 0.6 is 0 Å². The highest BCUT2D eigenvalue weighted by atomic mass is 16.5. The summed E-state index contributed by atoms with van der Waals surface area (Å²) in [5, 5.41) is 11.8. The predicted octanol–water partition coefficient (Wildman–Crippen LogP) is 4.26. The molecule has 3 aromatic carbocycles. The molecule has 0 radical (unpaired) electrons. The second-order valence-corrected chi connectivity index (χ2v) is 5.47. The third-order valence-corrected chi connectivity index (χ3v) is 4.13. The van der Waals surface area contributed by atoms with Gasteiger partial charge in [-0.2, -0.15) is 0 Å². The van der Waals surface area contributed by atoms with E-state index in [-0.39, 0.29) is 0 Å². The number of methoxy groups -OCH3 is 1.